The van der Waals surface area contributed by atoms with E-state index in [0.717, 1.165) is 44.8 Å². The van der Waals surface area contributed by atoms with Crippen molar-refractivity contribution in [3.8, 4) is 11.3 Å². The summed E-state index contributed by atoms with van der Waals surface area (Å²) in [6, 6.07) is 24.5. The number of carbonyl (C=O) groups excluding carboxylic acids is 1. The first-order valence-corrected chi connectivity index (χ1v) is 12.1. The van der Waals surface area contributed by atoms with Gasteiger partial charge in [0.2, 0.25) is 0 Å². The maximum absolute atomic E-state index is 13.5. The number of ketones is 1. The van der Waals surface area contributed by atoms with E-state index in [2.05, 4.69) is 71.5 Å². The van der Waals surface area contributed by atoms with E-state index < -0.39 is 0 Å². The van der Waals surface area contributed by atoms with Crippen LogP contribution in [0.3, 0.4) is 0 Å². The Bertz CT molecular complexity index is 1440. The first kappa shape index (κ1) is 20.5. The van der Waals surface area contributed by atoms with Crippen LogP contribution in [0.15, 0.2) is 87.3 Å². The molecule has 0 saturated heterocycles. The minimum absolute atomic E-state index is 0.0717. The summed E-state index contributed by atoms with van der Waals surface area (Å²) >= 11 is 3.49. The first-order chi connectivity index (χ1) is 15.9. The van der Waals surface area contributed by atoms with Gasteiger partial charge in [0.25, 0.3) is 0 Å². The lowest BCUT2D eigenvalue weighted by Gasteiger charge is -2.39. The van der Waals surface area contributed by atoms with Crippen molar-refractivity contribution >= 4 is 43.7 Å². The van der Waals surface area contributed by atoms with E-state index in [0.29, 0.717) is 6.42 Å². The molecule has 1 aromatic heterocycles. The number of hydrogen-bond donors (Lipinski definition) is 1. The standard InChI is InChI=1S/C29H24BrNO2/c1-29(2)15-21-26-20-6-4-3-5-17(20)9-12-22(26)31-28(27(21)23(32)16-29)25-14-13-24(33-25)18-7-10-19(30)11-8-18/h3-14,28,31H,15-16H2,1-2H3/t28-/m1/s1. The molecule has 4 aromatic rings. The normalized spacial score (nSPS) is 19.2. The number of fused-ring (bicyclic) bond motifs is 4. The van der Waals surface area contributed by atoms with Crippen molar-refractivity contribution in [1.29, 1.82) is 0 Å². The molecule has 0 amide bonds. The molecule has 1 N–H and O–H groups in total. The summed E-state index contributed by atoms with van der Waals surface area (Å²) in [4.78, 5) is 13.5. The van der Waals surface area contributed by atoms with Crippen LogP contribution in [0.2, 0.25) is 0 Å². The monoisotopic (exact) mass is 497 g/mol. The van der Waals surface area contributed by atoms with Crippen LogP contribution in [0, 0.1) is 5.41 Å². The van der Waals surface area contributed by atoms with Crippen LogP contribution in [0.5, 0.6) is 0 Å². The Balaban J connectivity index is 1.53. The minimum Gasteiger partial charge on any atom is -0.459 e. The van der Waals surface area contributed by atoms with Gasteiger partial charge in [0, 0.05) is 33.3 Å². The smallest absolute Gasteiger partial charge is 0.162 e. The van der Waals surface area contributed by atoms with Gasteiger partial charge in [-0.25, -0.2) is 0 Å². The van der Waals surface area contributed by atoms with E-state index in [-0.39, 0.29) is 17.2 Å². The van der Waals surface area contributed by atoms with Crippen molar-refractivity contribution in [2.24, 2.45) is 5.41 Å². The van der Waals surface area contributed by atoms with Gasteiger partial charge < -0.3 is 9.73 Å². The molecular weight excluding hydrogens is 474 g/mol. The van der Waals surface area contributed by atoms with Crippen LogP contribution in [0.4, 0.5) is 5.69 Å². The molecule has 0 spiro atoms. The number of nitrogens with one attached hydrogen (secondary N) is 1. The number of Topliss-reactive ketones (excluding diaryl/α,β-unsaturated/α-hetero) is 1. The predicted octanol–water partition coefficient (Wildman–Crippen LogP) is 8.17. The van der Waals surface area contributed by atoms with Gasteiger partial charge in [-0.1, -0.05) is 72.2 Å². The van der Waals surface area contributed by atoms with Crippen molar-refractivity contribution in [3.63, 3.8) is 0 Å². The molecule has 0 radical (unpaired) electrons. The molecule has 1 aliphatic carbocycles. The molecule has 1 aliphatic heterocycles. The average molecular weight is 498 g/mol. The summed E-state index contributed by atoms with van der Waals surface area (Å²) in [5, 5.41) is 6.03. The molecule has 0 saturated carbocycles. The lowest BCUT2D eigenvalue weighted by Crippen LogP contribution is -2.33. The molecular formula is C29H24BrNO2. The van der Waals surface area contributed by atoms with Gasteiger partial charge in [0.1, 0.15) is 17.6 Å². The van der Waals surface area contributed by atoms with Crippen molar-refractivity contribution in [1.82, 2.24) is 0 Å². The van der Waals surface area contributed by atoms with Crippen LogP contribution >= 0.6 is 15.9 Å². The zero-order valence-corrected chi connectivity index (χ0v) is 20.2. The molecule has 0 unspecified atom stereocenters. The summed E-state index contributed by atoms with van der Waals surface area (Å²) in [5.74, 6) is 1.78. The number of benzene rings is 3. The van der Waals surface area contributed by atoms with Gasteiger partial charge in [-0.05, 0) is 58.5 Å². The first-order valence-electron chi connectivity index (χ1n) is 11.3. The highest BCUT2D eigenvalue weighted by atomic mass is 79.9. The number of halogens is 1. The highest BCUT2D eigenvalue weighted by Crippen LogP contribution is 2.52. The quantitative estimate of drug-likeness (QED) is 0.303. The Labute approximate surface area is 201 Å². The second-order valence-corrected chi connectivity index (χ2v) is 10.7. The van der Waals surface area contributed by atoms with Gasteiger partial charge in [0.15, 0.2) is 5.78 Å². The van der Waals surface area contributed by atoms with Gasteiger partial charge in [0.05, 0.1) is 0 Å². The van der Waals surface area contributed by atoms with E-state index >= 15 is 0 Å². The molecule has 33 heavy (non-hydrogen) atoms. The Morgan fingerprint density at radius 1 is 0.939 bits per heavy atom. The maximum atomic E-state index is 13.5. The highest BCUT2D eigenvalue weighted by Gasteiger charge is 2.41. The number of hydrogen-bond acceptors (Lipinski definition) is 3. The van der Waals surface area contributed by atoms with E-state index in [4.69, 9.17) is 4.42 Å². The zero-order chi connectivity index (χ0) is 22.7. The van der Waals surface area contributed by atoms with Crippen molar-refractivity contribution in [3.05, 3.63) is 94.2 Å². The molecule has 0 bridgehead atoms. The van der Waals surface area contributed by atoms with Crippen LogP contribution in [-0.2, 0) is 4.79 Å². The minimum atomic E-state index is -0.290. The Morgan fingerprint density at radius 3 is 2.55 bits per heavy atom. The van der Waals surface area contributed by atoms with Crippen LogP contribution < -0.4 is 5.32 Å². The Morgan fingerprint density at radius 2 is 1.73 bits per heavy atom. The lowest BCUT2D eigenvalue weighted by atomic mass is 9.68. The average Bonchev–Trinajstić information content (AvgIpc) is 3.28. The predicted molar refractivity (Wildman–Crippen MR) is 137 cm³/mol. The number of anilines is 1. The van der Waals surface area contributed by atoms with Gasteiger partial charge in [-0.3, -0.25) is 4.79 Å². The molecule has 2 heterocycles. The molecule has 4 heteroatoms. The molecule has 2 aliphatic rings. The van der Waals surface area contributed by atoms with Crippen molar-refractivity contribution < 1.29 is 9.21 Å². The number of carbonyl (C=O) groups is 1. The van der Waals surface area contributed by atoms with Gasteiger partial charge >= 0.3 is 0 Å². The fourth-order valence-electron chi connectivity index (χ4n) is 5.33. The Kier molecular flexibility index (Phi) is 4.63. The molecule has 1 atom stereocenters. The van der Waals surface area contributed by atoms with E-state index in [9.17, 15) is 4.79 Å². The van der Waals surface area contributed by atoms with Crippen molar-refractivity contribution in [2.45, 2.75) is 32.7 Å². The van der Waals surface area contributed by atoms with E-state index in [1.807, 2.05) is 36.4 Å². The Hall–Kier alpha value is -3.11. The molecule has 3 aromatic carbocycles. The second kappa shape index (κ2) is 7.46. The number of allylic oxidation sites excluding steroid dienone is 1. The summed E-state index contributed by atoms with van der Waals surface area (Å²) in [5.41, 5.74) is 5.18. The molecule has 164 valence electrons. The molecule has 3 nitrogen and oxygen atoms in total. The van der Waals surface area contributed by atoms with Crippen molar-refractivity contribution in [2.75, 3.05) is 5.32 Å². The summed E-state index contributed by atoms with van der Waals surface area (Å²) < 4.78 is 7.37. The summed E-state index contributed by atoms with van der Waals surface area (Å²) in [6.07, 6.45) is 1.41. The molecule has 6 rings (SSSR count). The topological polar surface area (TPSA) is 42.2 Å². The summed E-state index contributed by atoms with van der Waals surface area (Å²) in [6.45, 7) is 4.38. The largest absolute Gasteiger partial charge is 0.459 e. The van der Waals surface area contributed by atoms with Gasteiger partial charge in [-0.2, -0.15) is 0 Å². The lowest BCUT2D eigenvalue weighted by molar-refractivity contribution is -0.118. The second-order valence-electron chi connectivity index (χ2n) is 9.83. The van der Waals surface area contributed by atoms with Crippen LogP contribution in [0.1, 0.15) is 44.1 Å². The SMILES string of the molecule is CC1(C)CC(=O)C2=C(C1)c1c(ccc3ccccc13)N[C@@H]2c1ccc(-c2ccc(Br)cc2)o1. The third kappa shape index (κ3) is 3.44. The highest BCUT2D eigenvalue weighted by molar-refractivity contribution is 9.10. The third-order valence-corrected chi connectivity index (χ3v) is 7.31. The molecule has 0 fully saturated rings. The van der Waals surface area contributed by atoms with Crippen LogP contribution in [-0.4, -0.2) is 5.78 Å². The number of furan rings is 1. The maximum Gasteiger partial charge on any atom is 0.162 e. The fraction of sp³-hybridized carbons (Fsp3) is 0.207. The third-order valence-electron chi connectivity index (χ3n) is 6.78. The van der Waals surface area contributed by atoms with E-state index in [1.165, 1.54) is 16.3 Å². The zero-order valence-electron chi connectivity index (χ0n) is 18.6. The van der Waals surface area contributed by atoms with Gasteiger partial charge in [-0.15, -0.1) is 0 Å². The fourth-order valence-corrected chi connectivity index (χ4v) is 5.59. The van der Waals surface area contributed by atoms with E-state index in [1.54, 1.807) is 0 Å². The number of rotatable bonds is 2. The summed E-state index contributed by atoms with van der Waals surface area (Å²) in [7, 11) is 0. The van der Waals surface area contributed by atoms with Crippen LogP contribution in [0.25, 0.3) is 27.7 Å².